The molecule has 5 heteroatoms. The molecule has 0 spiro atoms. The first-order chi connectivity index (χ1) is 13.0. The van der Waals surface area contributed by atoms with Crippen molar-refractivity contribution < 1.29 is 4.79 Å². The van der Waals surface area contributed by atoms with Crippen LogP contribution in [0, 0.1) is 6.92 Å². The zero-order chi connectivity index (χ0) is 19.4. The summed E-state index contributed by atoms with van der Waals surface area (Å²) in [6, 6.07) is 18.3. The molecule has 0 aliphatic carbocycles. The molecular formula is C22H24ClN3O. The molecule has 0 N–H and O–H groups in total. The second-order valence-corrected chi connectivity index (χ2v) is 7.08. The molecule has 0 bridgehead atoms. The van der Waals surface area contributed by atoms with Gasteiger partial charge in [0, 0.05) is 13.6 Å². The SMILES string of the molecule is CCc1ccc(CN(C)C(=O)c2c(C)nn(Cc3ccccc3)c2Cl)cc1. The third kappa shape index (κ3) is 4.40. The number of benzene rings is 2. The molecule has 2 aromatic carbocycles. The fourth-order valence-corrected chi connectivity index (χ4v) is 3.39. The van der Waals surface area contributed by atoms with Crippen LogP contribution in [0.5, 0.6) is 0 Å². The van der Waals surface area contributed by atoms with E-state index >= 15 is 0 Å². The number of carbonyl (C=O) groups is 1. The van der Waals surface area contributed by atoms with E-state index in [1.54, 1.807) is 16.6 Å². The molecule has 1 amide bonds. The first-order valence-electron chi connectivity index (χ1n) is 9.09. The van der Waals surface area contributed by atoms with Gasteiger partial charge in [-0.15, -0.1) is 0 Å². The molecule has 0 saturated carbocycles. The number of carbonyl (C=O) groups excluding carboxylic acids is 1. The quantitative estimate of drug-likeness (QED) is 0.619. The van der Waals surface area contributed by atoms with Crippen molar-refractivity contribution in [3.63, 3.8) is 0 Å². The van der Waals surface area contributed by atoms with Crippen molar-refractivity contribution in [3.05, 3.63) is 87.7 Å². The Morgan fingerprint density at radius 3 is 2.30 bits per heavy atom. The molecule has 0 fully saturated rings. The molecule has 0 aliphatic rings. The Balaban J connectivity index is 1.77. The maximum absolute atomic E-state index is 13.0. The maximum Gasteiger partial charge on any atom is 0.258 e. The Kier molecular flexibility index (Phi) is 5.97. The molecule has 140 valence electrons. The second-order valence-electron chi connectivity index (χ2n) is 6.73. The lowest BCUT2D eigenvalue weighted by Gasteiger charge is -2.17. The summed E-state index contributed by atoms with van der Waals surface area (Å²) >= 11 is 6.51. The van der Waals surface area contributed by atoms with Gasteiger partial charge in [0.2, 0.25) is 0 Å². The van der Waals surface area contributed by atoms with Crippen molar-refractivity contribution in [3.8, 4) is 0 Å². The molecule has 27 heavy (non-hydrogen) atoms. The Hall–Kier alpha value is -2.59. The minimum absolute atomic E-state index is 0.114. The highest BCUT2D eigenvalue weighted by molar-refractivity contribution is 6.33. The van der Waals surface area contributed by atoms with Crippen molar-refractivity contribution in [2.75, 3.05) is 7.05 Å². The Morgan fingerprint density at radius 2 is 1.67 bits per heavy atom. The van der Waals surface area contributed by atoms with E-state index in [2.05, 4.69) is 36.3 Å². The molecule has 0 unspecified atom stereocenters. The first-order valence-corrected chi connectivity index (χ1v) is 9.47. The summed E-state index contributed by atoms with van der Waals surface area (Å²) in [6.45, 7) is 5.02. The minimum atomic E-state index is -0.114. The summed E-state index contributed by atoms with van der Waals surface area (Å²) in [7, 11) is 1.79. The summed E-state index contributed by atoms with van der Waals surface area (Å²) in [6.07, 6.45) is 1.00. The molecule has 1 heterocycles. The fraction of sp³-hybridized carbons (Fsp3) is 0.273. The van der Waals surface area contributed by atoms with Crippen LogP contribution in [0.4, 0.5) is 0 Å². The molecule has 3 aromatic rings. The van der Waals surface area contributed by atoms with Crippen molar-refractivity contribution in [2.24, 2.45) is 0 Å². The number of aromatic nitrogens is 2. The number of rotatable bonds is 6. The highest BCUT2D eigenvalue weighted by Gasteiger charge is 2.23. The standard InChI is InChI=1S/C22H24ClN3O/c1-4-17-10-12-19(13-11-17)14-25(3)22(27)20-16(2)24-26(21(20)23)15-18-8-6-5-7-9-18/h5-13H,4,14-15H2,1-3H3. The highest BCUT2D eigenvalue weighted by Crippen LogP contribution is 2.23. The van der Waals surface area contributed by atoms with Gasteiger partial charge in [-0.3, -0.25) is 4.79 Å². The zero-order valence-corrected chi connectivity index (χ0v) is 16.7. The van der Waals surface area contributed by atoms with E-state index in [9.17, 15) is 4.79 Å². The van der Waals surface area contributed by atoms with E-state index in [0.717, 1.165) is 17.5 Å². The lowest BCUT2D eigenvalue weighted by atomic mass is 10.1. The lowest BCUT2D eigenvalue weighted by Crippen LogP contribution is -2.26. The van der Waals surface area contributed by atoms with Gasteiger partial charge in [-0.2, -0.15) is 5.10 Å². The Bertz CT molecular complexity index is 917. The van der Waals surface area contributed by atoms with Gasteiger partial charge >= 0.3 is 0 Å². The number of amides is 1. The van der Waals surface area contributed by atoms with Crippen LogP contribution in [-0.2, 0) is 19.5 Å². The van der Waals surface area contributed by atoms with Crippen LogP contribution in [0.2, 0.25) is 5.15 Å². The molecule has 0 radical (unpaired) electrons. The molecule has 4 nitrogen and oxygen atoms in total. The van der Waals surface area contributed by atoms with Crippen molar-refractivity contribution in [2.45, 2.75) is 33.4 Å². The number of nitrogens with zero attached hydrogens (tertiary/aromatic N) is 3. The van der Waals surface area contributed by atoms with Crippen molar-refractivity contribution in [1.29, 1.82) is 0 Å². The number of aryl methyl sites for hydroxylation is 2. The molecular weight excluding hydrogens is 358 g/mol. The predicted octanol–water partition coefficient (Wildman–Crippen LogP) is 4.73. The average Bonchev–Trinajstić information content (AvgIpc) is 2.95. The minimum Gasteiger partial charge on any atom is -0.337 e. The van der Waals surface area contributed by atoms with Crippen molar-refractivity contribution >= 4 is 17.5 Å². The molecule has 0 saturated heterocycles. The molecule has 0 atom stereocenters. The van der Waals surface area contributed by atoms with E-state index in [1.807, 2.05) is 37.3 Å². The fourth-order valence-electron chi connectivity index (χ4n) is 3.07. The number of hydrogen-bond donors (Lipinski definition) is 0. The van der Waals surface area contributed by atoms with E-state index in [1.165, 1.54) is 5.56 Å². The van der Waals surface area contributed by atoms with Crippen LogP contribution in [0.3, 0.4) is 0 Å². The normalized spacial score (nSPS) is 10.8. The zero-order valence-electron chi connectivity index (χ0n) is 15.9. The van der Waals surface area contributed by atoms with Gasteiger partial charge in [-0.05, 0) is 30.0 Å². The van der Waals surface area contributed by atoms with E-state index in [4.69, 9.17) is 11.6 Å². The van der Waals surface area contributed by atoms with Crippen LogP contribution in [0.1, 0.15) is 39.7 Å². The van der Waals surface area contributed by atoms with Crippen molar-refractivity contribution in [1.82, 2.24) is 14.7 Å². The van der Waals surface area contributed by atoms with Gasteiger partial charge < -0.3 is 4.90 Å². The van der Waals surface area contributed by atoms with Gasteiger partial charge in [0.25, 0.3) is 5.91 Å². The van der Waals surface area contributed by atoms with E-state index in [0.29, 0.717) is 29.5 Å². The third-order valence-corrected chi connectivity index (χ3v) is 5.04. The van der Waals surface area contributed by atoms with Crippen LogP contribution in [0.15, 0.2) is 54.6 Å². The average molecular weight is 382 g/mol. The molecule has 0 aliphatic heterocycles. The topological polar surface area (TPSA) is 38.1 Å². The highest BCUT2D eigenvalue weighted by atomic mass is 35.5. The smallest absolute Gasteiger partial charge is 0.258 e. The Morgan fingerprint density at radius 1 is 1.04 bits per heavy atom. The Labute approximate surface area is 165 Å². The molecule has 1 aromatic heterocycles. The second kappa shape index (κ2) is 8.40. The third-order valence-electron chi connectivity index (χ3n) is 4.65. The van der Waals surface area contributed by atoms with Gasteiger partial charge in [-0.25, -0.2) is 4.68 Å². The summed E-state index contributed by atoms with van der Waals surface area (Å²) in [5.74, 6) is -0.114. The van der Waals surface area contributed by atoms with Crippen LogP contribution in [0.25, 0.3) is 0 Å². The number of hydrogen-bond acceptors (Lipinski definition) is 2. The van der Waals surface area contributed by atoms with E-state index < -0.39 is 0 Å². The van der Waals surface area contributed by atoms with Gasteiger partial charge in [0.1, 0.15) is 5.15 Å². The summed E-state index contributed by atoms with van der Waals surface area (Å²) in [4.78, 5) is 14.7. The predicted molar refractivity (Wildman–Crippen MR) is 109 cm³/mol. The van der Waals surface area contributed by atoms with Crippen LogP contribution in [-0.4, -0.2) is 27.6 Å². The maximum atomic E-state index is 13.0. The van der Waals surface area contributed by atoms with E-state index in [-0.39, 0.29) is 5.91 Å². The summed E-state index contributed by atoms with van der Waals surface area (Å²) < 4.78 is 1.68. The number of halogens is 1. The van der Waals surface area contributed by atoms with Crippen LogP contribution >= 0.6 is 11.6 Å². The van der Waals surface area contributed by atoms with Crippen LogP contribution < -0.4 is 0 Å². The lowest BCUT2D eigenvalue weighted by molar-refractivity contribution is 0.0784. The first kappa shape index (κ1) is 19.2. The van der Waals surface area contributed by atoms with Gasteiger partial charge in [0.15, 0.2) is 0 Å². The van der Waals surface area contributed by atoms with Gasteiger partial charge in [-0.1, -0.05) is 73.1 Å². The van der Waals surface area contributed by atoms with Gasteiger partial charge in [0.05, 0.1) is 17.8 Å². The molecule has 3 rings (SSSR count). The monoisotopic (exact) mass is 381 g/mol. The summed E-state index contributed by atoms with van der Waals surface area (Å²) in [5, 5.41) is 4.86. The summed E-state index contributed by atoms with van der Waals surface area (Å²) in [5.41, 5.74) is 4.59. The largest absolute Gasteiger partial charge is 0.337 e.